The molecule has 0 atom stereocenters. The van der Waals surface area contributed by atoms with Crippen LogP contribution >= 0.6 is 69.3 Å². The molecule has 5 nitrogen and oxygen atoms in total. The highest BCUT2D eigenvalue weighted by molar-refractivity contribution is 7.93. The van der Waals surface area contributed by atoms with Gasteiger partial charge in [0.25, 0.3) is 10.0 Å². The third kappa shape index (κ3) is 3.65. The number of hydrogen-bond acceptors (Lipinski definition) is 6. The van der Waals surface area contributed by atoms with Gasteiger partial charge in [0.15, 0.2) is 5.82 Å². The van der Waals surface area contributed by atoms with Crippen molar-refractivity contribution in [1.29, 1.82) is 0 Å². The molecular formula is C12H5Cl4N3O2S3. The van der Waals surface area contributed by atoms with Crippen molar-refractivity contribution < 1.29 is 8.42 Å². The molecule has 2 heterocycles. The van der Waals surface area contributed by atoms with E-state index in [1.807, 2.05) is 0 Å². The Hall–Kier alpha value is -0.610. The van der Waals surface area contributed by atoms with Crippen LogP contribution in [0.15, 0.2) is 28.5 Å². The smallest absolute Gasteiger partial charge is 0.253 e. The first kappa shape index (κ1) is 18.2. The first-order valence-electron chi connectivity index (χ1n) is 6.02. The molecular weight excluding hydrogens is 456 g/mol. The summed E-state index contributed by atoms with van der Waals surface area (Å²) in [4.78, 5) is 4.51. The molecule has 126 valence electrons. The Kier molecular flexibility index (Phi) is 5.27. The summed E-state index contributed by atoms with van der Waals surface area (Å²) in [5.41, 5.74) is 0. The van der Waals surface area contributed by atoms with E-state index in [0.717, 1.165) is 11.5 Å². The van der Waals surface area contributed by atoms with E-state index in [2.05, 4.69) is 14.1 Å². The SMILES string of the molecule is O=S(=O)(Nc1nc(-c2sccc2Cl)ns1)c1c(Cl)cc(Cl)cc1Cl. The molecule has 12 heteroatoms. The summed E-state index contributed by atoms with van der Waals surface area (Å²) in [7, 11) is -4.05. The van der Waals surface area contributed by atoms with Crippen molar-refractivity contribution in [2.24, 2.45) is 0 Å². The topological polar surface area (TPSA) is 72.0 Å². The maximum atomic E-state index is 12.5. The predicted octanol–water partition coefficient (Wildman–Crippen LogP) is 5.68. The van der Waals surface area contributed by atoms with Gasteiger partial charge >= 0.3 is 0 Å². The van der Waals surface area contributed by atoms with Gasteiger partial charge in [-0.3, -0.25) is 4.72 Å². The van der Waals surface area contributed by atoms with Crippen LogP contribution in [0.5, 0.6) is 0 Å². The number of halogens is 4. The van der Waals surface area contributed by atoms with Crippen LogP contribution in [0.3, 0.4) is 0 Å². The largest absolute Gasteiger partial charge is 0.266 e. The first-order valence-corrected chi connectivity index (χ1v) is 10.7. The standard InChI is InChI=1S/C12H5Cl4N3O2S3/c13-5-3-7(15)10(8(16)4-5)24(20,21)19-12-17-11(18-23-12)9-6(14)1-2-22-9/h1-4H,(H,17,18,19). The summed E-state index contributed by atoms with van der Waals surface area (Å²) >= 11 is 26.0. The van der Waals surface area contributed by atoms with E-state index >= 15 is 0 Å². The summed E-state index contributed by atoms with van der Waals surface area (Å²) in [5.74, 6) is 0.339. The lowest BCUT2D eigenvalue weighted by Gasteiger charge is -2.09. The minimum atomic E-state index is -4.05. The van der Waals surface area contributed by atoms with Gasteiger partial charge in [0.2, 0.25) is 5.13 Å². The molecule has 1 aromatic carbocycles. The minimum absolute atomic E-state index is 0.0663. The van der Waals surface area contributed by atoms with Crippen LogP contribution in [0.2, 0.25) is 20.1 Å². The maximum Gasteiger partial charge on any atom is 0.266 e. The molecule has 2 aromatic heterocycles. The number of thiophene rings is 1. The van der Waals surface area contributed by atoms with E-state index in [9.17, 15) is 8.42 Å². The predicted molar refractivity (Wildman–Crippen MR) is 101 cm³/mol. The number of nitrogens with one attached hydrogen (secondary N) is 1. The molecule has 0 saturated carbocycles. The Morgan fingerprint density at radius 1 is 1.04 bits per heavy atom. The molecule has 24 heavy (non-hydrogen) atoms. The Morgan fingerprint density at radius 3 is 2.29 bits per heavy atom. The van der Waals surface area contributed by atoms with Crippen LogP contribution in [0.1, 0.15) is 0 Å². The van der Waals surface area contributed by atoms with Crippen molar-refractivity contribution in [3.05, 3.63) is 43.7 Å². The molecule has 1 N–H and O–H groups in total. The summed E-state index contributed by atoms with van der Waals surface area (Å²) in [6.07, 6.45) is 0. The monoisotopic (exact) mass is 459 g/mol. The van der Waals surface area contributed by atoms with Gasteiger partial charge < -0.3 is 0 Å². The number of nitrogens with zero attached hydrogens (tertiary/aromatic N) is 2. The summed E-state index contributed by atoms with van der Waals surface area (Å²) in [5, 5.41) is 2.40. The molecule has 3 aromatic rings. The van der Waals surface area contributed by atoms with E-state index in [-0.39, 0.29) is 25.1 Å². The Labute approximate surface area is 165 Å². The van der Waals surface area contributed by atoms with Gasteiger partial charge in [0.05, 0.1) is 19.9 Å². The van der Waals surface area contributed by atoms with Gasteiger partial charge in [0, 0.05) is 16.6 Å². The number of aromatic nitrogens is 2. The molecule has 0 fully saturated rings. The molecule has 3 rings (SSSR count). The van der Waals surface area contributed by atoms with Crippen LogP contribution < -0.4 is 4.72 Å². The Bertz CT molecular complexity index is 993. The summed E-state index contributed by atoms with van der Waals surface area (Å²) in [6, 6.07) is 4.29. The lowest BCUT2D eigenvalue weighted by Crippen LogP contribution is -2.14. The normalized spacial score (nSPS) is 11.7. The Morgan fingerprint density at radius 2 is 1.71 bits per heavy atom. The third-order valence-corrected chi connectivity index (χ3v) is 7.27. The van der Waals surface area contributed by atoms with Gasteiger partial charge in [-0.1, -0.05) is 46.4 Å². The van der Waals surface area contributed by atoms with E-state index < -0.39 is 10.0 Å². The second kappa shape index (κ2) is 6.95. The van der Waals surface area contributed by atoms with E-state index in [1.54, 1.807) is 11.4 Å². The van der Waals surface area contributed by atoms with Crippen LogP contribution in [0.25, 0.3) is 10.7 Å². The highest BCUT2D eigenvalue weighted by atomic mass is 35.5. The lowest BCUT2D eigenvalue weighted by atomic mass is 10.4. The molecule has 0 spiro atoms. The van der Waals surface area contributed by atoms with Crippen molar-refractivity contribution in [2.75, 3.05) is 4.72 Å². The number of anilines is 1. The molecule has 0 amide bonds. The van der Waals surface area contributed by atoms with Crippen LogP contribution in [-0.2, 0) is 10.0 Å². The van der Waals surface area contributed by atoms with Crippen molar-refractivity contribution in [3.63, 3.8) is 0 Å². The first-order chi connectivity index (χ1) is 11.3. The van der Waals surface area contributed by atoms with Crippen molar-refractivity contribution in [1.82, 2.24) is 9.36 Å². The van der Waals surface area contributed by atoms with Crippen LogP contribution in [0.4, 0.5) is 5.13 Å². The highest BCUT2D eigenvalue weighted by Crippen LogP contribution is 2.36. The summed E-state index contributed by atoms with van der Waals surface area (Å²) < 4.78 is 31.4. The van der Waals surface area contributed by atoms with Gasteiger partial charge in [-0.25, -0.2) is 8.42 Å². The minimum Gasteiger partial charge on any atom is -0.253 e. The van der Waals surface area contributed by atoms with Crippen molar-refractivity contribution in [2.45, 2.75) is 4.90 Å². The second-order valence-electron chi connectivity index (χ2n) is 4.32. The fraction of sp³-hybridized carbons (Fsp3) is 0. The summed E-state index contributed by atoms with van der Waals surface area (Å²) in [6.45, 7) is 0. The number of benzene rings is 1. The zero-order valence-electron chi connectivity index (χ0n) is 11.3. The maximum absolute atomic E-state index is 12.5. The zero-order chi connectivity index (χ0) is 17.5. The fourth-order valence-corrected chi connectivity index (χ4v) is 6.24. The molecule has 0 bridgehead atoms. The molecule has 0 saturated heterocycles. The van der Waals surface area contributed by atoms with E-state index in [1.165, 1.54) is 23.5 Å². The van der Waals surface area contributed by atoms with Gasteiger partial charge in [-0.15, -0.1) is 11.3 Å². The van der Waals surface area contributed by atoms with E-state index in [0.29, 0.717) is 15.7 Å². The van der Waals surface area contributed by atoms with Crippen molar-refractivity contribution in [3.8, 4) is 10.7 Å². The van der Waals surface area contributed by atoms with Crippen LogP contribution in [0, 0.1) is 0 Å². The zero-order valence-corrected chi connectivity index (χ0v) is 16.7. The molecule has 0 aliphatic rings. The fourth-order valence-electron chi connectivity index (χ4n) is 1.76. The molecule has 0 aliphatic carbocycles. The van der Waals surface area contributed by atoms with Gasteiger partial charge in [0.1, 0.15) is 4.90 Å². The number of hydrogen-bond donors (Lipinski definition) is 1. The molecule has 0 aliphatic heterocycles. The van der Waals surface area contributed by atoms with Crippen LogP contribution in [-0.4, -0.2) is 17.8 Å². The number of rotatable bonds is 4. The highest BCUT2D eigenvalue weighted by Gasteiger charge is 2.24. The quantitative estimate of drug-likeness (QED) is 0.543. The average Bonchev–Trinajstić information content (AvgIpc) is 3.05. The van der Waals surface area contributed by atoms with Crippen molar-refractivity contribution >= 4 is 84.4 Å². The average molecular weight is 461 g/mol. The third-order valence-electron chi connectivity index (χ3n) is 2.70. The molecule has 0 unspecified atom stereocenters. The van der Waals surface area contributed by atoms with Gasteiger partial charge in [-0.2, -0.15) is 9.36 Å². The number of sulfonamides is 1. The lowest BCUT2D eigenvalue weighted by molar-refractivity contribution is 0.601. The second-order valence-corrected chi connectivity index (χ2v) is 9.27. The molecule has 0 radical (unpaired) electrons. The van der Waals surface area contributed by atoms with E-state index in [4.69, 9.17) is 46.4 Å². The van der Waals surface area contributed by atoms with Gasteiger partial charge in [-0.05, 0) is 23.6 Å². The Balaban J connectivity index is 1.94.